The van der Waals surface area contributed by atoms with Crippen LogP contribution in [0, 0.1) is 5.41 Å². The molecule has 1 aliphatic carbocycles. The molecule has 1 aromatic rings. The molecule has 2 nitrogen and oxygen atoms in total. The van der Waals surface area contributed by atoms with Crippen LogP contribution in [0.2, 0.25) is 10.0 Å². The fourth-order valence-corrected chi connectivity index (χ4v) is 4.64. The Hall–Kier alpha value is -0.540. The zero-order chi connectivity index (χ0) is 15.8. The van der Waals surface area contributed by atoms with Crippen LogP contribution in [0.15, 0.2) is 30.9 Å². The van der Waals surface area contributed by atoms with Crippen LogP contribution in [0.5, 0.6) is 0 Å². The van der Waals surface area contributed by atoms with E-state index in [1.807, 2.05) is 18.2 Å². The lowest BCUT2D eigenvalue weighted by molar-refractivity contribution is -0.00384. The third kappa shape index (κ3) is 2.41. The Morgan fingerprint density at radius 2 is 2.23 bits per heavy atom. The molecular weight excluding hydrogens is 317 g/mol. The topological polar surface area (TPSA) is 21.3 Å². The molecule has 3 atom stereocenters. The maximum atomic E-state index is 6.27. The van der Waals surface area contributed by atoms with E-state index < -0.39 is 0 Å². The molecule has 0 spiro atoms. The van der Waals surface area contributed by atoms with E-state index in [4.69, 9.17) is 27.9 Å². The fourth-order valence-electron chi connectivity index (χ4n) is 4.35. The number of nitrogens with one attached hydrogen (secondary N) is 1. The first-order valence-corrected chi connectivity index (χ1v) is 8.74. The van der Waals surface area contributed by atoms with Crippen LogP contribution < -0.4 is 5.32 Å². The van der Waals surface area contributed by atoms with E-state index in [2.05, 4.69) is 24.9 Å². The predicted octanol–water partition coefficient (Wildman–Crippen LogP) is 4.60. The minimum absolute atomic E-state index is 0.145. The van der Waals surface area contributed by atoms with Gasteiger partial charge in [0, 0.05) is 24.0 Å². The first-order valence-electron chi connectivity index (χ1n) is 7.98. The van der Waals surface area contributed by atoms with Crippen LogP contribution in [0.4, 0.5) is 0 Å². The van der Waals surface area contributed by atoms with Crippen LogP contribution >= 0.6 is 23.2 Å². The molecule has 1 aromatic carbocycles. The van der Waals surface area contributed by atoms with Crippen molar-refractivity contribution in [2.45, 2.75) is 37.7 Å². The van der Waals surface area contributed by atoms with Crippen molar-refractivity contribution in [2.75, 3.05) is 19.7 Å². The lowest BCUT2D eigenvalue weighted by atomic mass is 9.77. The van der Waals surface area contributed by atoms with Crippen molar-refractivity contribution in [1.82, 2.24) is 5.32 Å². The molecule has 1 N–H and O–H groups in total. The van der Waals surface area contributed by atoms with E-state index in [1.54, 1.807) is 0 Å². The zero-order valence-electron chi connectivity index (χ0n) is 13.0. The van der Waals surface area contributed by atoms with E-state index >= 15 is 0 Å². The molecule has 0 aromatic heterocycles. The Kier molecular flexibility index (Phi) is 4.57. The number of hydrogen-bond acceptors (Lipinski definition) is 2. The second-order valence-electron chi connectivity index (χ2n) is 6.44. The number of fused-ring (bicyclic) bond motifs is 1. The van der Waals surface area contributed by atoms with Crippen LogP contribution in [-0.2, 0) is 10.2 Å². The summed E-state index contributed by atoms with van der Waals surface area (Å²) in [4.78, 5) is 0. The highest BCUT2D eigenvalue weighted by Gasteiger charge is 2.71. The zero-order valence-corrected chi connectivity index (χ0v) is 14.5. The van der Waals surface area contributed by atoms with Gasteiger partial charge in [0.1, 0.15) is 0 Å². The van der Waals surface area contributed by atoms with Crippen LogP contribution in [-0.4, -0.2) is 25.8 Å². The fraction of sp³-hybridized carbons (Fsp3) is 0.556. The normalized spacial score (nSPS) is 31.4. The van der Waals surface area contributed by atoms with Gasteiger partial charge < -0.3 is 10.1 Å². The van der Waals surface area contributed by atoms with Crippen LogP contribution in [0.25, 0.3) is 0 Å². The van der Waals surface area contributed by atoms with Gasteiger partial charge in [0.05, 0.1) is 16.1 Å². The molecule has 0 bridgehead atoms. The van der Waals surface area contributed by atoms with Gasteiger partial charge in [-0.15, -0.1) is 6.58 Å². The van der Waals surface area contributed by atoms with Gasteiger partial charge in [-0.25, -0.2) is 0 Å². The summed E-state index contributed by atoms with van der Waals surface area (Å²) in [6.07, 6.45) is 5.33. The van der Waals surface area contributed by atoms with Crippen molar-refractivity contribution >= 4 is 23.2 Å². The molecule has 0 radical (unpaired) electrons. The van der Waals surface area contributed by atoms with Crippen molar-refractivity contribution in [1.29, 1.82) is 0 Å². The van der Waals surface area contributed by atoms with Gasteiger partial charge in [0.25, 0.3) is 0 Å². The Bertz CT molecular complexity index is 576. The molecule has 4 heteroatoms. The van der Waals surface area contributed by atoms with Gasteiger partial charge in [-0.3, -0.25) is 0 Å². The Morgan fingerprint density at radius 3 is 2.91 bits per heavy atom. The first kappa shape index (κ1) is 16.3. The van der Waals surface area contributed by atoms with Crippen LogP contribution in [0.1, 0.15) is 31.7 Å². The second kappa shape index (κ2) is 6.16. The molecule has 2 fully saturated rings. The molecule has 120 valence electrons. The highest BCUT2D eigenvalue weighted by molar-refractivity contribution is 6.42. The number of piperidine rings is 1. The van der Waals surface area contributed by atoms with Gasteiger partial charge in [-0.1, -0.05) is 35.3 Å². The van der Waals surface area contributed by atoms with Crippen molar-refractivity contribution in [3.8, 4) is 0 Å². The molecule has 1 saturated carbocycles. The van der Waals surface area contributed by atoms with E-state index in [0.29, 0.717) is 10.0 Å². The number of halogens is 2. The van der Waals surface area contributed by atoms with E-state index in [0.717, 1.165) is 39.0 Å². The lowest BCUT2D eigenvalue weighted by Crippen LogP contribution is -2.45. The monoisotopic (exact) mass is 339 g/mol. The standard InChI is InChI=1S/C18H23Cl2NO/c1-3-5-16(22-4-2)18-11-17(18,8-9-21-12-18)13-6-7-14(19)15(20)10-13/h3,6-7,10,16,21H,1,4-5,8-9,11-12H2,2H3/t16-,17+,18?/m1/s1. The van der Waals surface area contributed by atoms with Gasteiger partial charge >= 0.3 is 0 Å². The van der Waals surface area contributed by atoms with Gasteiger partial charge in [-0.2, -0.15) is 0 Å². The first-order chi connectivity index (χ1) is 10.6. The molecule has 22 heavy (non-hydrogen) atoms. The number of benzene rings is 1. The summed E-state index contributed by atoms with van der Waals surface area (Å²) in [6, 6.07) is 6.11. The predicted molar refractivity (Wildman–Crippen MR) is 92.9 cm³/mol. The second-order valence-corrected chi connectivity index (χ2v) is 7.25. The highest BCUT2D eigenvalue weighted by Crippen LogP contribution is 2.70. The summed E-state index contributed by atoms with van der Waals surface area (Å²) < 4.78 is 6.10. The molecule has 1 saturated heterocycles. The van der Waals surface area contributed by atoms with E-state index in [9.17, 15) is 0 Å². The van der Waals surface area contributed by atoms with Crippen molar-refractivity contribution in [2.24, 2.45) is 5.41 Å². The Morgan fingerprint density at radius 1 is 1.41 bits per heavy atom. The molecular formula is C18H23Cl2NO. The number of rotatable bonds is 6. The highest BCUT2D eigenvalue weighted by atomic mass is 35.5. The summed E-state index contributed by atoms with van der Waals surface area (Å²) in [5.74, 6) is 0. The van der Waals surface area contributed by atoms with Gasteiger partial charge in [0.15, 0.2) is 0 Å². The number of ether oxygens (including phenoxy) is 1. The Labute approximate surface area is 142 Å². The minimum Gasteiger partial charge on any atom is -0.378 e. The van der Waals surface area contributed by atoms with Gasteiger partial charge in [0.2, 0.25) is 0 Å². The average molecular weight is 340 g/mol. The molecule has 1 aliphatic heterocycles. The van der Waals surface area contributed by atoms with E-state index in [1.165, 1.54) is 5.56 Å². The quantitative estimate of drug-likeness (QED) is 0.765. The summed E-state index contributed by atoms with van der Waals surface area (Å²) in [6.45, 7) is 8.73. The third-order valence-electron chi connectivity index (χ3n) is 5.45. The molecule has 3 rings (SSSR count). The lowest BCUT2D eigenvalue weighted by Gasteiger charge is -2.37. The van der Waals surface area contributed by atoms with Crippen molar-refractivity contribution in [3.63, 3.8) is 0 Å². The van der Waals surface area contributed by atoms with Crippen LogP contribution in [0.3, 0.4) is 0 Å². The van der Waals surface area contributed by atoms with E-state index in [-0.39, 0.29) is 16.9 Å². The molecule has 2 aliphatic rings. The van der Waals surface area contributed by atoms with Crippen molar-refractivity contribution in [3.05, 3.63) is 46.5 Å². The summed E-state index contributed by atoms with van der Waals surface area (Å²) in [5, 5.41) is 4.82. The SMILES string of the molecule is C=CC[C@@H](OCC)C12CNCC[C@@]1(c1ccc(Cl)c(Cl)c1)C2. The minimum atomic E-state index is 0.145. The smallest absolute Gasteiger partial charge is 0.0686 e. The van der Waals surface area contributed by atoms with Crippen molar-refractivity contribution < 1.29 is 4.74 Å². The number of hydrogen-bond donors (Lipinski definition) is 1. The largest absolute Gasteiger partial charge is 0.378 e. The molecule has 1 unspecified atom stereocenters. The Balaban J connectivity index is 1.97. The summed E-state index contributed by atoms with van der Waals surface area (Å²) in [7, 11) is 0. The third-order valence-corrected chi connectivity index (χ3v) is 6.19. The summed E-state index contributed by atoms with van der Waals surface area (Å²) >= 11 is 12.4. The molecule has 1 heterocycles. The molecule has 0 amide bonds. The average Bonchev–Trinajstić information content (AvgIpc) is 3.21. The maximum Gasteiger partial charge on any atom is 0.0686 e. The maximum absolute atomic E-state index is 6.27. The van der Waals surface area contributed by atoms with Gasteiger partial charge in [-0.05, 0) is 50.4 Å². The summed E-state index contributed by atoms with van der Waals surface area (Å²) in [5.41, 5.74) is 1.61.